The van der Waals surface area contributed by atoms with E-state index < -0.39 is 0 Å². The zero-order valence-corrected chi connectivity index (χ0v) is 12.1. The highest BCUT2D eigenvalue weighted by molar-refractivity contribution is 7.20. The van der Waals surface area contributed by atoms with Crippen LogP contribution in [0.2, 0.25) is 0 Å². The molecule has 0 bridgehead atoms. The van der Waals surface area contributed by atoms with Crippen LogP contribution in [-0.4, -0.2) is 40.8 Å². The first-order valence-electron chi connectivity index (χ1n) is 6.87. The van der Waals surface area contributed by atoms with Gasteiger partial charge in [-0.25, -0.2) is 13.9 Å². The number of hydrogen-bond donors (Lipinski definition) is 1. The van der Waals surface area contributed by atoms with Crippen LogP contribution < -0.4 is 10.2 Å². The first-order valence-corrected chi connectivity index (χ1v) is 7.69. The largest absolute Gasteiger partial charge is 0.344 e. The van der Waals surface area contributed by atoms with E-state index >= 15 is 0 Å². The van der Waals surface area contributed by atoms with Gasteiger partial charge in [0.15, 0.2) is 0 Å². The summed E-state index contributed by atoms with van der Waals surface area (Å²) in [5.74, 6) is -0.237. The van der Waals surface area contributed by atoms with Crippen LogP contribution in [0.15, 0.2) is 30.5 Å². The lowest BCUT2D eigenvalue weighted by Crippen LogP contribution is -2.43. The number of aromatic nitrogens is 3. The summed E-state index contributed by atoms with van der Waals surface area (Å²) in [6, 6.07) is 6.36. The van der Waals surface area contributed by atoms with Gasteiger partial charge in [-0.1, -0.05) is 11.3 Å². The summed E-state index contributed by atoms with van der Waals surface area (Å²) in [4.78, 5) is 7.72. The summed E-state index contributed by atoms with van der Waals surface area (Å²) in [5, 5.41) is 8.93. The fraction of sp³-hybridized carbons (Fsp3) is 0.286. The highest BCUT2D eigenvalue weighted by atomic mass is 32.1. The first-order chi connectivity index (χ1) is 10.3. The van der Waals surface area contributed by atoms with Gasteiger partial charge >= 0.3 is 0 Å². The van der Waals surface area contributed by atoms with Crippen molar-refractivity contribution in [2.24, 2.45) is 0 Å². The highest BCUT2D eigenvalue weighted by Gasteiger charge is 2.16. The zero-order chi connectivity index (χ0) is 14.2. The van der Waals surface area contributed by atoms with Crippen molar-refractivity contribution >= 4 is 21.4 Å². The van der Waals surface area contributed by atoms with Crippen LogP contribution in [0.4, 0.5) is 9.52 Å². The molecule has 1 aliphatic rings. The standard InChI is InChI=1S/C14H14FN5S/c15-11-3-1-10(2-4-11)12-9-20-13(17-12)21-14(18-20)19-7-5-16-6-8-19/h1-4,9,16H,5-8H2. The molecule has 0 radical (unpaired) electrons. The van der Waals surface area contributed by atoms with Crippen LogP contribution in [0.1, 0.15) is 0 Å². The number of fused-ring (bicyclic) bond motifs is 1. The number of nitrogens with zero attached hydrogens (tertiary/aromatic N) is 4. The molecule has 0 saturated carbocycles. The number of rotatable bonds is 2. The number of hydrogen-bond acceptors (Lipinski definition) is 5. The second-order valence-corrected chi connectivity index (χ2v) is 5.92. The number of benzene rings is 1. The van der Waals surface area contributed by atoms with Crippen molar-refractivity contribution < 1.29 is 4.39 Å². The van der Waals surface area contributed by atoms with Crippen LogP contribution in [0.25, 0.3) is 16.2 Å². The molecule has 7 heteroatoms. The molecule has 0 unspecified atom stereocenters. The molecule has 21 heavy (non-hydrogen) atoms. The lowest BCUT2D eigenvalue weighted by molar-refractivity contribution is 0.586. The van der Waals surface area contributed by atoms with Crippen LogP contribution >= 0.6 is 11.3 Å². The molecule has 1 fully saturated rings. The van der Waals surface area contributed by atoms with E-state index in [4.69, 9.17) is 0 Å². The lowest BCUT2D eigenvalue weighted by Gasteiger charge is -2.26. The molecule has 5 nitrogen and oxygen atoms in total. The molecule has 0 amide bonds. The Balaban J connectivity index is 1.65. The third kappa shape index (κ3) is 2.38. The third-order valence-corrected chi connectivity index (χ3v) is 4.54. The van der Waals surface area contributed by atoms with Crippen LogP contribution in [0.3, 0.4) is 0 Å². The maximum atomic E-state index is 13.0. The summed E-state index contributed by atoms with van der Waals surface area (Å²) in [6.07, 6.45) is 1.89. The topological polar surface area (TPSA) is 45.5 Å². The average molecular weight is 303 g/mol. The molecule has 108 valence electrons. The number of halogens is 1. The van der Waals surface area contributed by atoms with Gasteiger partial charge in [-0.3, -0.25) is 0 Å². The zero-order valence-electron chi connectivity index (χ0n) is 11.3. The SMILES string of the molecule is Fc1ccc(-c2cn3nc(N4CCNCC4)sc3n2)cc1. The Kier molecular flexibility index (Phi) is 3.08. The second-order valence-electron chi connectivity index (χ2n) is 4.98. The Morgan fingerprint density at radius 3 is 2.62 bits per heavy atom. The quantitative estimate of drug-likeness (QED) is 0.786. The van der Waals surface area contributed by atoms with E-state index in [0.29, 0.717) is 0 Å². The average Bonchev–Trinajstić information content (AvgIpc) is 3.07. The molecule has 4 rings (SSSR count). The van der Waals surface area contributed by atoms with Crippen molar-refractivity contribution in [2.45, 2.75) is 0 Å². The summed E-state index contributed by atoms with van der Waals surface area (Å²) < 4.78 is 14.8. The van der Waals surface area contributed by atoms with E-state index in [2.05, 4.69) is 20.3 Å². The molecule has 0 spiro atoms. The second kappa shape index (κ2) is 5.09. The van der Waals surface area contributed by atoms with Crippen molar-refractivity contribution in [3.8, 4) is 11.3 Å². The van der Waals surface area contributed by atoms with Gasteiger partial charge in [0.25, 0.3) is 0 Å². The molecular weight excluding hydrogens is 289 g/mol. The minimum absolute atomic E-state index is 0.237. The van der Waals surface area contributed by atoms with Crippen molar-refractivity contribution in [3.05, 3.63) is 36.3 Å². The van der Waals surface area contributed by atoms with Gasteiger partial charge in [-0.15, -0.1) is 5.10 Å². The Morgan fingerprint density at radius 1 is 1.14 bits per heavy atom. The van der Waals surface area contributed by atoms with E-state index in [1.807, 2.05) is 6.20 Å². The molecule has 3 aromatic rings. The minimum Gasteiger partial charge on any atom is -0.344 e. The molecule has 1 aromatic carbocycles. The van der Waals surface area contributed by atoms with Crippen molar-refractivity contribution in [1.82, 2.24) is 19.9 Å². The van der Waals surface area contributed by atoms with Gasteiger partial charge < -0.3 is 10.2 Å². The number of imidazole rings is 1. The lowest BCUT2D eigenvalue weighted by atomic mass is 10.2. The molecule has 0 aliphatic carbocycles. The predicted molar refractivity (Wildman–Crippen MR) is 81.3 cm³/mol. The Bertz CT molecular complexity index is 726. The van der Waals surface area contributed by atoms with Gasteiger partial charge in [-0.2, -0.15) is 0 Å². The Morgan fingerprint density at radius 2 is 1.90 bits per heavy atom. The van der Waals surface area contributed by atoms with Crippen molar-refractivity contribution in [1.29, 1.82) is 0 Å². The van der Waals surface area contributed by atoms with E-state index in [9.17, 15) is 4.39 Å². The number of anilines is 1. The normalized spacial score (nSPS) is 15.8. The van der Waals surface area contributed by atoms with Crippen molar-refractivity contribution in [3.63, 3.8) is 0 Å². The molecule has 3 heterocycles. The van der Waals surface area contributed by atoms with Gasteiger partial charge in [0, 0.05) is 31.7 Å². The predicted octanol–water partition coefficient (Wildman–Crippen LogP) is 2.01. The number of piperazine rings is 1. The van der Waals surface area contributed by atoms with E-state index in [-0.39, 0.29) is 5.82 Å². The maximum Gasteiger partial charge on any atom is 0.214 e. The molecular formula is C14H14FN5S. The summed E-state index contributed by atoms with van der Waals surface area (Å²) in [6.45, 7) is 3.93. The highest BCUT2D eigenvalue weighted by Crippen LogP contribution is 2.26. The van der Waals surface area contributed by atoms with E-state index in [1.54, 1.807) is 28.0 Å². The molecule has 2 aromatic heterocycles. The summed E-state index contributed by atoms with van der Waals surface area (Å²) in [7, 11) is 0. The third-order valence-electron chi connectivity index (χ3n) is 3.56. The monoisotopic (exact) mass is 303 g/mol. The summed E-state index contributed by atoms with van der Waals surface area (Å²) >= 11 is 1.59. The minimum atomic E-state index is -0.237. The van der Waals surface area contributed by atoms with Crippen LogP contribution in [0.5, 0.6) is 0 Å². The smallest absolute Gasteiger partial charge is 0.214 e. The van der Waals surface area contributed by atoms with E-state index in [1.165, 1.54) is 12.1 Å². The maximum absolute atomic E-state index is 13.0. The van der Waals surface area contributed by atoms with Crippen LogP contribution in [-0.2, 0) is 0 Å². The molecule has 1 saturated heterocycles. The van der Waals surface area contributed by atoms with Gasteiger partial charge in [-0.05, 0) is 24.3 Å². The van der Waals surface area contributed by atoms with Gasteiger partial charge in [0.05, 0.1) is 11.9 Å². The van der Waals surface area contributed by atoms with Crippen LogP contribution in [0, 0.1) is 5.82 Å². The van der Waals surface area contributed by atoms with Crippen molar-refractivity contribution in [2.75, 3.05) is 31.1 Å². The fourth-order valence-corrected chi connectivity index (χ4v) is 3.37. The first kappa shape index (κ1) is 12.7. The fourth-order valence-electron chi connectivity index (χ4n) is 2.43. The molecule has 0 atom stereocenters. The summed E-state index contributed by atoms with van der Waals surface area (Å²) in [5.41, 5.74) is 1.72. The van der Waals surface area contributed by atoms with Gasteiger partial charge in [0.2, 0.25) is 10.1 Å². The molecule has 1 N–H and O–H groups in total. The van der Waals surface area contributed by atoms with E-state index in [0.717, 1.165) is 47.5 Å². The van der Waals surface area contributed by atoms with Gasteiger partial charge in [0.1, 0.15) is 5.82 Å². The molecule has 1 aliphatic heterocycles. The Labute approximate surface area is 125 Å². The number of nitrogens with one attached hydrogen (secondary N) is 1. The Hall–Kier alpha value is -1.99.